The van der Waals surface area contributed by atoms with Gasteiger partial charge in [-0.25, -0.2) is 38.0 Å². The van der Waals surface area contributed by atoms with Gasteiger partial charge in [-0.2, -0.15) is 5.10 Å². The maximum atomic E-state index is 13.8. The van der Waals surface area contributed by atoms with Gasteiger partial charge in [0.1, 0.15) is 34.3 Å². The van der Waals surface area contributed by atoms with E-state index in [2.05, 4.69) is 22.2 Å². The van der Waals surface area contributed by atoms with Gasteiger partial charge in [-0.15, -0.1) is 0 Å². The molecule has 1 aliphatic carbocycles. The van der Waals surface area contributed by atoms with E-state index in [1.807, 2.05) is 0 Å². The zero-order valence-corrected chi connectivity index (χ0v) is 19.8. The lowest BCUT2D eigenvalue weighted by Gasteiger charge is -2.20. The monoisotopic (exact) mass is 496 g/mol. The molecule has 7 nitrogen and oxygen atoms in total. The summed E-state index contributed by atoms with van der Waals surface area (Å²) in [6.07, 6.45) is -1.57. The molecule has 1 unspecified atom stereocenters. The molecule has 4 rings (SSSR count). The molecule has 34 heavy (non-hydrogen) atoms. The number of carbonyl (C=O) groups excluding carboxylic acids is 1. The lowest BCUT2D eigenvalue weighted by molar-refractivity contribution is -0.147. The minimum absolute atomic E-state index is 0.0380. The van der Waals surface area contributed by atoms with E-state index in [0.717, 1.165) is 10.7 Å². The molecule has 1 N–H and O–H groups in total. The molecule has 1 aliphatic heterocycles. The van der Waals surface area contributed by atoms with Gasteiger partial charge >= 0.3 is 5.97 Å². The number of ether oxygens (including phenoxy) is 1. The number of hydrogen-bond donors (Lipinski definition) is 1. The van der Waals surface area contributed by atoms with E-state index in [1.165, 1.54) is 12.1 Å². The fourth-order valence-corrected chi connectivity index (χ4v) is 4.12. The van der Waals surface area contributed by atoms with Gasteiger partial charge in [0.25, 0.3) is 6.43 Å². The molecule has 2 heterocycles. The Morgan fingerprint density at radius 3 is 2.56 bits per heavy atom. The van der Waals surface area contributed by atoms with Crippen LogP contribution in [0.3, 0.4) is 0 Å². The van der Waals surface area contributed by atoms with Crippen LogP contribution in [0.1, 0.15) is 63.9 Å². The fraction of sp³-hybridized carbons (Fsp3) is 0.435. The van der Waals surface area contributed by atoms with Crippen molar-refractivity contribution in [3.63, 3.8) is 0 Å². The van der Waals surface area contributed by atoms with E-state index in [1.54, 1.807) is 33.8 Å². The van der Waals surface area contributed by atoms with Crippen LogP contribution in [0.15, 0.2) is 35.8 Å². The Hall–Kier alpha value is -2.85. The zero-order valence-electron chi connectivity index (χ0n) is 19.1. The highest BCUT2D eigenvalue weighted by Crippen LogP contribution is 2.53. The van der Waals surface area contributed by atoms with Crippen molar-refractivity contribution >= 4 is 29.1 Å². The second-order valence-electron chi connectivity index (χ2n) is 9.47. The van der Waals surface area contributed by atoms with Crippen LogP contribution in [-0.2, 0) is 25.5 Å². The summed E-state index contributed by atoms with van der Waals surface area (Å²) in [5.41, 5.74) is -0.335. The number of rotatable bonds is 6. The number of carbonyl (C=O) groups is 1. The van der Waals surface area contributed by atoms with Crippen molar-refractivity contribution in [2.75, 3.05) is 0 Å². The Kier molecular flexibility index (Phi) is 5.80. The predicted molar refractivity (Wildman–Crippen MR) is 120 cm³/mol. The van der Waals surface area contributed by atoms with Gasteiger partial charge in [-0.05, 0) is 64.3 Å². The predicted octanol–water partition coefficient (Wildman–Crippen LogP) is 5.26. The Morgan fingerprint density at radius 1 is 1.32 bits per heavy atom. The summed E-state index contributed by atoms with van der Waals surface area (Å²) < 4.78 is 47.1. The Balaban J connectivity index is 1.68. The molecule has 1 fully saturated rings. The molecule has 0 spiro atoms. The lowest BCUT2D eigenvalue weighted by Crippen LogP contribution is -2.31. The molecule has 0 radical (unpaired) electrons. The normalized spacial score (nSPS) is 21.3. The third-order valence-electron chi connectivity index (χ3n) is 5.65. The largest absolute Gasteiger partial charge is 0.455 e. The summed E-state index contributed by atoms with van der Waals surface area (Å²) in [7, 11) is 0. The van der Waals surface area contributed by atoms with E-state index < -0.39 is 40.6 Å². The summed E-state index contributed by atoms with van der Waals surface area (Å²) in [5, 5.41) is 4.42. The van der Waals surface area contributed by atoms with Gasteiger partial charge in [-0.1, -0.05) is 24.2 Å². The summed E-state index contributed by atoms with van der Waals surface area (Å²) >= 11 is 6.27. The maximum Gasteiger partial charge on any atom is 0.356 e. The molecule has 2 aromatic rings. The van der Waals surface area contributed by atoms with Gasteiger partial charge in [0.15, 0.2) is 0 Å². The van der Waals surface area contributed by atoms with Crippen molar-refractivity contribution in [1.82, 2.24) is 15.3 Å². The first-order valence-corrected chi connectivity index (χ1v) is 10.9. The summed E-state index contributed by atoms with van der Waals surface area (Å²) in [5.74, 6) is -0.906. The van der Waals surface area contributed by atoms with E-state index in [4.69, 9.17) is 21.2 Å². The van der Waals surface area contributed by atoms with Crippen molar-refractivity contribution in [2.24, 2.45) is 4.99 Å². The quantitative estimate of drug-likeness (QED) is 0.436. The topological polar surface area (TPSA) is 77.7 Å². The first kappa shape index (κ1) is 24.3. The van der Waals surface area contributed by atoms with Gasteiger partial charge in [-0.3, -0.25) is 0 Å². The molecule has 0 saturated heterocycles. The Bertz CT molecular complexity index is 1200. The molecule has 0 amide bonds. The third kappa shape index (κ3) is 4.32. The average Bonchev–Trinajstić information content (AvgIpc) is 3.20. The number of nitrogens with one attached hydrogen (secondary N) is 1. The van der Waals surface area contributed by atoms with Gasteiger partial charge in [0.2, 0.25) is 5.72 Å². The Morgan fingerprint density at radius 2 is 2.00 bits per heavy atom. The molecular weight excluding hydrogens is 473 g/mol. The number of aliphatic imine (C=N–C) groups is 1. The highest BCUT2D eigenvalue weighted by molar-refractivity contribution is 6.32. The number of amidine groups is 1. The van der Waals surface area contributed by atoms with Crippen LogP contribution in [0.4, 0.5) is 13.2 Å². The van der Waals surface area contributed by atoms with Gasteiger partial charge in [0.05, 0.1) is 5.41 Å². The van der Waals surface area contributed by atoms with Crippen molar-refractivity contribution < 1.29 is 27.5 Å². The third-order valence-corrected chi connectivity index (χ3v) is 5.96. The number of aromatic nitrogens is 2. The van der Waals surface area contributed by atoms with Crippen molar-refractivity contribution in [2.45, 2.75) is 63.7 Å². The highest BCUT2D eigenvalue weighted by atomic mass is 35.5. The Labute approximate surface area is 199 Å². The van der Waals surface area contributed by atoms with E-state index >= 15 is 0 Å². The van der Waals surface area contributed by atoms with Crippen molar-refractivity contribution in [3.05, 3.63) is 58.6 Å². The molecular formula is C23H24ClF3N4O3. The summed E-state index contributed by atoms with van der Waals surface area (Å²) in [6.45, 7) is 10.1. The second kappa shape index (κ2) is 8.13. The van der Waals surface area contributed by atoms with E-state index in [9.17, 15) is 18.0 Å². The first-order chi connectivity index (χ1) is 15.8. The molecule has 1 aromatic heterocycles. The van der Waals surface area contributed by atoms with Crippen LogP contribution in [0.5, 0.6) is 0 Å². The maximum absolute atomic E-state index is 13.8. The van der Waals surface area contributed by atoms with Crippen LogP contribution in [0.25, 0.3) is 5.70 Å². The standard InChI is InChI=1S/C23H24ClF3N4O3/c1-12(19(32)33-21(2,3)4)31-16(18(26)27)11-17(29-31)22(5)28-20(30-34-22)23(8-9-23)14-7-6-13(25)10-15(14)24/h6-7,10-11,18H,1,8-9H2,2-5H3,(H,28,30). The molecule has 1 atom stereocenters. The SMILES string of the molecule is C=C(C(=O)OC(C)(C)C)n1nc(C2(C)N=C(C3(c4ccc(F)cc4Cl)CC3)NO2)cc1C(F)F. The molecule has 1 aromatic carbocycles. The summed E-state index contributed by atoms with van der Waals surface area (Å²) in [6, 6.07) is 5.25. The number of alkyl halides is 2. The fourth-order valence-electron chi connectivity index (χ4n) is 3.77. The molecule has 2 aliphatic rings. The number of halogens is 4. The highest BCUT2D eigenvalue weighted by Gasteiger charge is 2.54. The van der Waals surface area contributed by atoms with Gasteiger partial charge in [0, 0.05) is 5.02 Å². The van der Waals surface area contributed by atoms with E-state index in [0.29, 0.717) is 24.2 Å². The van der Waals surface area contributed by atoms with Crippen LogP contribution >= 0.6 is 11.6 Å². The van der Waals surface area contributed by atoms with Crippen molar-refractivity contribution in [3.8, 4) is 0 Å². The average molecular weight is 497 g/mol. The van der Waals surface area contributed by atoms with Crippen molar-refractivity contribution in [1.29, 1.82) is 0 Å². The second-order valence-corrected chi connectivity index (χ2v) is 9.88. The van der Waals surface area contributed by atoms with Crippen LogP contribution in [0.2, 0.25) is 5.02 Å². The molecule has 11 heteroatoms. The van der Waals surface area contributed by atoms with Crippen LogP contribution in [0, 0.1) is 5.82 Å². The lowest BCUT2D eigenvalue weighted by atomic mass is 9.94. The number of hydroxylamine groups is 1. The first-order valence-electron chi connectivity index (χ1n) is 10.6. The van der Waals surface area contributed by atoms with Crippen LogP contribution < -0.4 is 5.48 Å². The molecule has 1 saturated carbocycles. The van der Waals surface area contributed by atoms with Crippen LogP contribution in [-0.4, -0.2) is 27.2 Å². The molecule has 182 valence electrons. The number of benzene rings is 1. The van der Waals surface area contributed by atoms with Gasteiger partial charge < -0.3 is 4.74 Å². The summed E-state index contributed by atoms with van der Waals surface area (Å²) in [4.78, 5) is 22.7. The molecule has 0 bridgehead atoms. The minimum atomic E-state index is -2.95. The minimum Gasteiger partial charge on any atom is -0.455 e. The number of esters is 1. The smallest absolute Gasteiger partial charge is 0.356 e. The number of hydrogen-bond acceptors (Lipinski definition) is 6. The zero-order chi connectivity index (χ0) is 25.1. The number of nitrogens with zero attached hydrogens (tertiary/aromatic N) is 3. The van der Waals surface area contributed by atoms with E-state index in [-0.39, 0.29) is 16.4 Å².